The number of likely N-dealkylation sites (tertiary alicyclic amines) is 1. The third-order valence-corrected chi connectivity index (χ3v) is 4.15. The molecular weight excluding hydrogens is 274 g/mol. The fourth-order valence-corrected chi connectivity index (χ4v) is 2.73. The second-order valence-corrected chi connectivity index (χ2v) is 5.68. The van der Waals surface area contributed by atoms with Gasteiger partial charge in [0.15, 0.2) is 0 Å². The second kappa shape index (κ2) is 7.81. The molecule has 0 radical (unpaired) electrons. The van der Waals surface area contributed by atoms with Crippen molar-refractivity contribution in [2.45, 2.75) is 38.8 Å². The lowest BCUT2D eigenvalue weighted by atomic mass is 10.1. The summed E-state index contributed by atoms with van der Waals surface area (Å²) in [6.45, 7) is 5.56. The first-order valence-electron chi connectivity index (χ1n) is 7.40. The van der Waals surface area contributed by atoms with Crippen LogP contribution in [0.1, 0.15) is 31.9 Å². The van der Waals surface area contributed by atoms with Gasteiger partial charge in [-0.3, -0.25) is 0 Å². The van der Waals surface area contributed by atoms with Gasteiger partial charge in [-0.2, -0.15) is 0 Å². The minimum absolute atomic E-state index is 0.656. The van der Waals surface area contributed by atoms with E-state index in [4.69, 9.17) is 16.3 Å². The van der Waals surface area contributed by atoms with Gasteiger partial charge in [0.1, 0.15) is 0 Å². The Hall–Kier alpha value is -0.840. The number of nitrogens with one attached hydrogen (secondary N) is 1. The molecule has 5 heteroatoms. The summed E-state index contributed by atoms with van der Waals surface area (Å²) in [5.41, 5.74) is 0.851. The summed E-state index contributed by atoms with van der Waals surface area (Å²) in [7, 11) is 2.19. The Morgan fingerprint density at radius 2 is 2.35 bits per heavy atom. The van der Waals surface area contributed by atoms with Crippen LogP contribution in [-0.4, -0.2) is 42.7 Å². The van der Waals surface area contributed by atoms with E-state index in [-0.39, 0.29) is 0 Å². The molecule has 1 atom stereocenters. The maximum Gasteiger partial charge on any atom is 0.213 e. The molecule has 1 fully saturated rings. The zero-order valence-corrected chi connectivity index (χ0v) is 13.1. The maximum atomic E-state index is 6.12. The van der Waals surface area contributed by atoms with Crippen molar-refractivity contribution in [3.63, 3.8) is 0 Å². The molecule has 1 aliphatic rings. The quantitative estimate of drug-likeness (QED) is 0.840. The molecule has 1 N–H and O–H groups in total. The first kappa shape index (κ1) is 15.5. The highest BCUT2D eigenvalue weighted by Gasteiger charge is 2.20. The van der Waals surface area contributed by atoms with Crippen molar-refractivity contribution >= 4 is 11.6 Å². The predicted molar refractivity (Wildman–Crippen MR) is 82.4 cm³/mol. The third-order valence-electron chi connectivity index (χ3n) is 3.81. The van der Waals surface area contributed by atoms with E-state index in [1.807, 2.05) is 12.1 Å². The minimum atomic E-state index is 0.656. The highest BCUT2D eigenvalue weighted by Crippen LogP contribution is 2.20. The van der Waals surface area contributed by atoms with Crippen LogP contribution in [0.15, 0.2) is 12.1 Å². The molecule has 1 aliphatic heterocycles. The van der Waals surface area contributed by atoms with Crippen LogP contribution in [0.4, 0.5) is 0 Å². The number of hydrogen-bond donors (Lipinski definition) is 1. The molecule has 0 aromatic carbocycles. The van der Waals surface area contributed by atoms with Crippen molar-refractivity contribution in [1.82, 2.24) is 15.2 Å². The maximum absolute atomic E-state index is 6.12. The number of ether oxygens (including phenoxy) is 1. The Labute approximate surface area is 126 Å². The van der Waals surface area contributed by atoms with Gasteiger partial charge in [-0.15, -0.1) is 0 Å². The van der Waals surface area contributed by atoms with E-state index >= 15 is 0 Å². The van der Waals surface area contributed by atoms with E-state index in [9.17, 15) is 0 Å². The van der Waals surface area contributed by atoms with Crippen LogP contribution in [0.3, 0.4) is 0 Å². The van der Waals surface area contributed by atoms with Crippen molar-refractivity contribution in [1.29, 1.82) is 0 Å². The topological polar surface area (TPSA) is 37.4 Å². The van der Waals surface area contributed by atoms with Crippen LogP contribution in [0, 0.1) is 0 Å². The molecule has 20 heavy (non-hydrogen) atoms. The van der Waals surface area contributed by atoms with E-state index in [1.165, 1.54) is 19.4 Å². The monoisotopic (exact) mass is 297 g/mol. The van der Waals surface area contributed by atoms with Crippen molar-refractivity contribution < 1.29 is 4.74 Å². The van der Waals surface area contributed by atoms with Gasteiger partial charge >= 0.3 is 0 Å². The van der Waals surface area contributed by atoms with Crippen LogP contribution in [0.25, 0.3) is 0 Å². The summed E-state index contributed by atoms with van der Waals surface area (Å²) in [5, 5.41) is 3.92. The molecule has 1 aromatic rings. The highest BCUT2D eigenvalue weighted by molar-refractivity contribution is 6.31. The van der Waals surface area contributed by atoms with Gasteiger partial charge in [-0.05, 0) is 45.5 Å². The van der Waals surface area contributed by atoms with Crippen LogP contribution in [0.2, 0.25) is 5.02 Å². The summed E-state index contributed by atoms with van der Waals surface area (Å²) < 4.78 is 5.77. The van der Waals surface area contributed by atoms with Crippen molar-refractivity contribution in [2.75, 3.05) is 26.7 Å². The van der Waals surface area contributed by atoms with Gasteiger partial charge in [0.05, 0.1) is 17.3 Å². The number of rotatable bonds is 7. The molecule has 1 unspecified atom stereocenters. The minimum Gasteiger partial charge on any atom is -0.478 e. The van der Waals surface area contributed by atoms with Crippen molar-refractivity contribution in [3.8, 4) is 5.88 Å². The molecule has 4 nitrogen and oxygen atoms in total. The fourth-order valence-electron chi connectivity index (χ4n) is 2.56. The van der Waals surface area contributed by atoms with E-state index in [0.29, 0.717) is 30.1 Å². The Morgan fingerprint density at radius 1 is 1.50 bits per heavy atom. The lowest BCUT2D eigenvalue weighted by Gasteiger charge is -2.19. The molecule has 0 saturated carbocycles. The fraction of sp³-hybridized carbons (Fsp3) is 0.667. The smallest absolute Gasteiger partial charge is 0.213 e. The molecule has 0 amide bonds. The molecule has 2 heterocycles. The first-order valence-corrected chi connectivity index (χ1v) is 7.77. The highest BCUT2D eigenvalue weighted by atomic mass is 35.5. The molecule has 0 bridgehead atoms. The average Bonchev–Trinajstić information content (AvgIpc) is 2.85. The van der Waals surface area contributed by atoms with E-state index in [1.54, 1.807) is 0 Å². The normalized spacial score (nSPS) is 19.4. The molecule has 1 saturated heterocycles. The van der Waals surface area contributed by atoms with E-state index in [2.05, 4.69) is 29.2 Å². The zero-order chi connectivity index (χ0) is 14.4. The number of hydrogen-bond acceptors (Lipinski definition) is 4. The van der Waals surface area contributed by atoms with Gasteiger partial charge in [0.25, 0.3) is 0 Å². The number of pyridine rings is 1. The molecule has 0 aliphatic carbocycles. The van der Waals surface area contributed by atoms with Gasteiger partial charge < -0.3 is 15.0 Å². The van der Waals surface area contributed by atoms with Crippen molar-refractivity contribution in [3.05, 3.63) is 22.8 Å². The number of halogens is 1. The molecular formula is C15H24ClN3O. The van der Waals surface area contributed by atoms with Crippen LogP contribution < -0.4 is 10.1 Å². The average molecular weight is 298 g/mol. The van der Waals surface area contributed by atoms with Crippen molar-refractivity contribution in [2.24, 2.45) is 0 Å². The van der Waals surface area contributed by atoms with Gasteiger partial charge in [0, 0.05) is 18.7 Å². The molecule has 1 aromatic heterocycles. The molecule has 0 spiro atoms. The summed E-state index contributed by atoms with van der Waals surface area (Å²) in [4.78, 5) is 6.87. The SMILES string of the molecule is CCNCc1nc(OCCC2CCCN2C)ccc1Cl. The van der Waals surface area contributed by atoms with Gasteiger partial charge in [0.2, 0.25) is 5.88 Å². The largest absolute Gasteiger partial charge is 0.478 e. The summed E-state index contributed by atoms with van der Waals surface area (Å²) in [6, 6.07) is 4.36. The van der Waals surface area contributed by atoms with E-state index in [0.717, 1.165) is 18.7 Å². The number of nitrogens with zero attached hydrogens (tertiary/aromatic N) is 2. The Balaban J connectivity index is 1.83. The zero-order valence-electron chi connectivity index (χ0n) is 12.4. The Kier molecular flexibility index (Phi) is 6.07. The standard InChI is InChI=1S/C15H24ClN3O/c1-3-17-11-14-13(16)6-7-15(18-14)20-10-8-12-5-4-9-19(12)2/h6-7,12,17H,3-5,8-11H2,1-2H3. The first-order chi connectivity index (χ1) is 9.70. The molecule has 112 valence electrons. The predicted octanol–water partition coefficient (Wildman–Crippen LogP) is 2.71. The third kappa shape index (κ3) is 4.33. The second-order valence-electron chi connectivity index (χ2n) is 5.27. The van der Waals surface area contributed by atoms with Gasteiger partial charge in [-0.25, -0.2) is 4.98 Å². The number of aromatic nitrogens is 1. The lowest BCUT2D eigenvalue weighted by Crippen LogP contribution is -2.26. The summed E-state index contributed by atoms with van der Waals surface area (Å²) >= 11 is 6.12. The summed E-state index contributed by atoms with van der Waals surface area (Å²) in [6.07, 6.45) is 3.64. The van der Waals surface area contributed by atoms with Crippen LogP contribution in [0.5, 0.6) is 5.88 Å². The van der Waals surface area contributed by atoms with Crippen LogP contribution >= 0.6 is 11.6 Å². The lowest BCUT2D eigenvalue weighted by molar-refractivity contribution is 0.228. The van der Waals surface area contributed by atoms with Crippen LogP contribution in [-0.2, 0) is 6.54 Å². The molecule has 2 rings (SSSR count). The Morgan fingerprint density at radius 3 is 3.05 bits per heavy atom. The Bertz CT molecular complexity index is 428. The summed E-state index contributed by atoms with van der Waals surface area (Å²) in [5.74, 6) is 0.669. The van der Waals surface area contributed by atoms with E-state index < -0.39 is 0 Å². The van der Waals surface area contributed by atoms with Gasteiger partial charge in [-0.1, -0.05) is 18.5 Å².